The molecule has 3 aromatic rings. The number of hydrogen-bond acceptors (Lipinski definition) is 9. The van der Waals surface area contributed by atoms with Crippen LogP contribution in [-0.2, 0) is 22.5 Å². The maximum atomic E-state index is 12.6. The molecule has 0 aromatic carbocycles. The lowest BCUT2D eigenvalue weighted by atomic mass is 10.2. The van der Waals surface area contributed by atoms with Gasteiger partial charge in [-0.3, -0.25) is 14.3 Å². The van der Waals surface area contributed by atoms with Crippen molar-refractivity contribution in [2.24, 2.45) is 0 Å². The predicted molar refractivity (Wildman–Crippen MR) is 183 cm³/mol. The van der Waals surface area contributed by atoms with Gasteiger partial charge >= 0.3 is 6.09 Å². The first-order valence-electron chi connectivity index (χ1n) is 16.1. The summed E-state index contributed by atoms with van der Waals surface area (Å²) in [5.41, 5.74) is 3.30. The molecule has 0 bridgehead atoms. The fourth-order valence-corrected chi connectivity index (χ4v) is 6.37. The summed E-state index contributed by atoms with van der Waals surface area (Å²) in [4.78, 5) is 47.6. The molecule has 0 aliphatic carbocycles. The zero-order valence-electron chi connectivity index (χ0n) is 28.3. The number of carbonyl (C=O) groups excluding carboxylic acids is 2. The van der Waals surface area contributed by atoms with Crippen LogP contribution in [0.2, 0.25) is 0 Å². The highest BCUT2D eigenvalue weighted by Gasteiger charge is 2.29. The zero-order valence-corrected chi connectivity index (χ0v) is 29.1. The number of thioether (sulfide) groups is 1. The standard InChI is InChI=1S/C22H25N7O2S.C9H17NO2.C2H6/c1-12(2)28-5-4-14-8-16(27-29(14)11-21(28)31)22-24-15-9-18(23-10-17(15)32-22)25-19-6-13(3)7-20(30)26-19;1-9(2,3)12-8(11)10-6-4-5-7-10;1-2/h6-10,12,22,24H,4-5,11H2,1-3H3,(H2,23,25,26,30);4-7H2,1-3H3;1-2H3. The minimum absolute atomic E-state index is 0.0449. The van der Waals surface area contributed by atoms with Gasteiger partial charge in [0.25, 0.3) is 0 Å². The van der Waals surface area contributed by atoms with Crippen molar-refractivity contribution in [3.63, 3.8) is 0 Å². The fourth-order valence-electron chi connectivity index (χ4n) is 5.33. The number of rotatable bonds is 4. The number of anilines is 3. The largest absolute Gasteiger partial charge is 0.444 e. The Bertz CT molecular complexity index is 1570. The summed E-state index contributed by atoms with van der Waals surface area (Å²) in [5.74, 6) is 1.35. The van der Waals surface area contributed by atoms with Crippen LogP contribution in [0.4, 0.5) is 22.1 Å². The molecule has 12 nitrogen and oxygen atoms in total. The van der Waals surface area contributed by atoms with Crippen LogP contribution < -0.4 is 16.2 Å². The van der Waals surface area contributed by atoms with E-state index in [0.29, 0.717) is 18.2 Å². The summed E-state index contributed by atoms with van der Waals surface area (Å²) in [6, 6.07) is 7.62. The van der Waals surface area contributed by atoms with E-state index < -0.39 is 0 Å². The van der Waals surface area contributed by atoms with E-state index >= 15 is 0 Å². The smallest absolute Gasteiger partial charge is 0.410 e. The Balaban J connectivity index is 0.000000289. The second kappa shape index (κ2) is 15.1. The van der Waals surface area contributed by atoms with Gasteiger partial charge < -0.3 is 30.2 Å². The highest BCUT2D eigenvalue weighted by Crippen LogP contribution is 2.46. The molecule has 6 heterocycles. The lowest BCUT2D eigenvalue weighted by molar-refractivity contribution is -0.133. The van der Waals surface area contributed by atoms with Crippen LogP contribution in [0, 0.1) is 6.92 Å². The number of hydrogen-bond donors (Lipinski definition) is 3. The Morgan fingerprint density at radius 3 is 2.46 bits per heavy atom. The number of aromatic amines is 1. The molecular formula is C33H48N8O4S. The highest BCUT2D eigenvalue weighted by molar-refractivity contribution is 8.00. The van der Waals surface area contributed by atoms with E-state index in [4.69, 9.17) is 9.84 Å². The molecule has 3 aliphatic heterocycles. The van der Waals surface area contributed by atoms with Gasteiger partial charge in [0, 0.05) is 56.1 Å². The van der Waals surface area contributed by atoms with Crippen LogP contribution in [0.3, 0.4) is 0 Å². The van der Waals surface area contributed by atoms with Crippen LogP contribution in [0.1, 0.15) is 83.6 Å². The minimum Gasteiger partial charge on any atom is -0.444 e. The number of pyridine rings is 2. The van der Waals surface area contributed by atoms with Crippen LogP contribution in [-0.4, -0.2) is 72.8 Å². The number of nitrogens with zero attached hydrogens (tertiary/aromatic N) is 5. The fraction of sp³-hybridized carbons (Fsp3) is 0.545. The number of H-pyrrole nitrogens is 1. The number of aryl methyl sites for hydroxylation is 1. The van der Waals surface area contributed by atoms with E-state index in [0.717, 1.165) is 59.9 Å². The van der Waals surface area contributed by atoms with E-state index in [1.54, 1.807) is 22.7 Å². The molecule has 250 valence electrons. The summed E-state index contributed by atoms with van der Waals surface area (Å²) in [7, 11) is 0. The number of ether oxygens (including phenoxy) is 1. The van der Waals surface area contributed by atoms with Gasteiger partial charge in [-0.15, -0.1) is 0 Å². The Labute approximate surface area is 275 Å². The van der Waals surface area contributed by atoms with Crippen molar-refractivity contribution in [1.82, 2.24) is 29.5 Å². The molecule has 0 saturated carbocycles. The number of fused-ring (bicyclic) bond motifs is 2. The molecule has 3 aromatic heterocycles. The number of likely N-dealkylation sites (tertiary alicyclic amines) is 1. The van der Waals surface area contributed by atoms with Gasteiger partial charge in [-0.2, -0.15) is 5.10 Å². The normalized spacial score (nSPS) is 17.2. The van der Waals surface area contributed by atoms with E-state index in [2.05, 4.69) is 26.7 Å². The molecule has 3 N–H and O–H groups in total. The molecule has 1 saturated heterocycles. The van der Waals surface area contributed by atoms with Crippen molar-refractivity contribution in [3.8, 4) is 0 Å². The van der Waals surface area contributed by atoms with Crippen molar-refractivity contribution in [2.45, 2.75) is 103 Å². The third-order valence-electron chi connectivity index (χ3n) is 7.40. The van der Waals surface area contributed by atoms with Gasteiger partial charge in [-0.1, -0.05) is 25.6 Å². The number of aromatic nitrogens is 4. The van der Waals surface area contributed by atoms with Crippen LogP contribution in [0.5, 0.6) is 0 Å². The molecule has 6 rings (SSSR count). The molecule has 2 amide bonds. The topological polar surface area (TPSA) is 137 Å². The molecular weight excluding hydrogens is 604 g/mol. The Morgan fingerprint density at radius 1 is 1.09 bits per heavy atom. The van der Waals surface area contributed by atoms with E-state index in [1.165, 1.54) is 0 Å². The quantitative estimate of drug-likeness (QED) is 0.307. The summed E-state index contributed by atoms with van der Waals surface area (Å²) in [5, 5.41) is 11.4. The Hall–Kier alpha value is -4.00. The molecule has 0 radical (unpaired) electrons. The predicted octanol–water partition coefficient (Wildman–Crippen LogP) is 6.07. The molecule has 3 aliphatic rings. The lowest BCUT2D eigenvalue weighted by Gasteiger charge is -2.24. The third kappa shape index (κ3) is 9.05. The van der Waals surface area contributed by atoms with Crippen LogP contribution >= 0.6 is 11.8 Å². The molecule has 46 heavy (non-hydrogen) atoms. The van der Waals surface area contributed by atoms with Gasteiger partial charge in [0.05, 0.1) is 16.3 Å². The lowest BCUT2D eigenvalue weighted by Crippen LogP contribution is -2.38. The van der Waals surface area contributed by atoms with Crippen molar-refractivity contribution in [1.29, 1.82) is 0 Å². The maximum absolute atomic E-state index is 12.6. The number of amides is 2. The number of nitrogens with one attached hydrogen (secondary N) is 3. The SMILES string of the molecule is CC.CC(C)(C)OC(=O)N1CCCC1.Cc1cc(Nc2cc3c(cn2)SC(c2cc4n(n2)CC(=O)N(C(C)C)CC4)N3)[nH]c(=O)c1. The summed E-state index contributed by atoms with van der Waals surface area (Å²) in [6.07, 6.45) is 4.67. The first-order valence-corrected chi connectivity index (χ1v) is 17.0. The summed E-state index contributed by atoms with van der Waals surface area (Å²) < 4.78 is 7.05. The van der Waals surface area contributed by atoms with Gasteiger partial charge in [0.1, 0.15) is 29.2 Å². The van der Waals surface area contributed by atoms with Crippen LogP contribution in [0.25, 0.3) is 0 Å². The molecule has 1 fully saturated rings. The van der Waals surface area contributed by atoms with Gasteiger partial charge in [0.2, 0.25) is 11.5 Å². The molecule has 1 unspecified atom stereocenters. The summed E-state index contributed by atoms with van der Waals surface area (Å²) >= 11 is 1.65. The van der Waals surface area contributed by atoms with Gasteiger partial charge in [-0.25, -0.2) is 9.78 Å². The summed E-state index contributed by atoms with van der Waals surface area (Å²) in [6.45, 7) is 18.3. The first-order chi connectivity index (χ1) is 21.8. The average molecular weight is 653 g/mol. The molecule has 1 atom stereocenters. The maximum Gasteiger partial charge on any atom is 0.410 e. The molecule has 0 spiro atoms. The van der Waals surface area contributed by atoms with E-state index in [1.807, 2.05) is 83.3 Å². The van der Waals surface area contributed by atoms with Gasteiger partial charge in [0.15, 0.2) is 0 Å². The number of carbonyl (C=O) groups is 2. The second-order valence-corrected chi connectivity index (χ2v) is 13.7. The Morgan fingerprint density at radius 2 is 1.80 bits per heavy atom. The van der Waals surface area contributed by atoms with Crippen molar-refractivity contribution < 1.29 is 14.3 Å². The Kier molecular flexibility index (Phi) is 11.4. The average Bonchev–Trinajstić information content (AvgIpc) is 3.72. The van der Waals surface area contributed by atoms with Gasteiger partial charge in [-0.05, 0) is 72.1 Å². The van der Waals surface area contributed by atoms with Crippen LogP contribution in [0.15, 0.2) is 40.2 Å². The highest BCUT2D eigenvalue weighted by atomic mass is 32.2. The van der Waals surface area contributed by atoms with Crippen molar-refractivity contribution >= 4 is 41.1 Å². The van der Waals surface area contributed by atoms with Crippen molar-refractivity contribution in [3.05, 3.63) is 57.8 Å². The second-order valence-electron chi connectivity index (χ2n) is 12.6. The van der Waals surface area contributed by atoms with E-state index in [9.17, 15) is 14.4 Å². The minimum atomic E-state index is -0.361. The van der Waals surface area contributed by atoms with E-state index in [-0.39, 0.29) is 41.1 Å². The van der Waals surface area contributed by atoms with Crippen molar-refractivity contribution in [2.75, 3.05) is 30.3 Å². The molecule has 13 heteroatoms. The first kappa shape index (κ1) is 34.9. The zero-order chi connectivity index (χ0) is 33.6. The third-order valence-corrected chi connectivity index (χ3v) is 8.57. The monoisotopic (exact) mass is 652 g/mol.